The van der Waals surface area contributed by atoms with Crippen LogP contribution in [0.15, 0.2) is 48.6 Å². The van der Waals surface area contributed by atoms with Crippen molar-refractivity contribution in [3.05, 3.63) is 54.1 Å². The molecule has 0 aliphatic heterocycles. The Morgan fingerprint density at radius 2 is 1.67 bits per heavy atom. The molecule has 0 fully saturated rings. The second-order valence-electron chi connectivity index (χ2n) is 4.18. The molecule has 92 valence electrons. The van der Waals surface area contributed by atoms with E-state index in [4.69, 9.17) is 10.2 Å². The summed E-state index contributed by atoms with van der Waals surface area (Å²) >= 11 is 0. The van der Waals surface area contributed by atoms with Crippen LogP contribution in [0.4, 0.5) is 0 Å². The fourth-order valence-electron chi connectivity index (χ4n) is 1.98. The molecule has 1 aliphatic rings. The Kier molecular flexibility index (Phi) is 3.02. The van der Waals surface area contributed by atoms with Crippen molar-refractivity contribution in [3.63, 3.8) is 0 Å². The van der Waals surface area contributed by atoms with E-state index in [-0.39, 0.29) is 6.42 Å². The molecule has 0 atom stereocenters. The van der Waals surface area contributed by atoms with E-state index >= 15 is 0 Å². The molecule has 0 bridgehead atoms. The summed E-state index contributed by atoms with van der Waals surface area (Å²) in [5.74, 6) is -2.68. The van der Waals surface area contributed by atoms with Crippen molar-refractivity contribution in [2.75, 3.05) is 0 Å². The summed E-state index contributed by atoms with van der Waals surface area (Å²) in [7, 11) is 0. The number of carboxylic acids is 2. The first-order valence-electron chi connectivity index (χ1n) is 5.47. The minimum atomic E-state index is -1.86. The normalized spacial score (nSPS) is 17.0. The second kappa shape index (κ2) is 4.49. The molecule has 2 N–H and O–H groups in total. The predicted octanol–water partition coefficient (Wildman–Crippen LogP) is 2.19. The molecule has 18 heavy (non-hydrogen) atoms. The van der Waals surface area contributed by atoms with Gasteiger partial charge in [-0.25, -0.2) is 0 Å². The molecule has 0 aromatic heterocycles. The first-order valence-corrected chi connectivity index (χ1v) is 5.47. The third kappa shape index (κ3) is 1.93. The average Bonchev–Trinajstić information content (AvgIpc) is 2.39. The van der Waals surface area contributed by atoms with Gasteiger partial charge < -0.3 is 10.2 Å². The van der Waals surface area contributed by atoms with E-state index in [2.05, 4.69) is 0 Å². The number of hydrogen-bond acceptors (Lipinski definition) is 2. The molecule has 4 nitrogen and oxygen atoms in total. The number of carboxylic acid groups (broad SMARTS) is 2. The van der Waals surface area contributed by atoms with E-state index in [0.29, 0.717) is 5.57 Å². The van der Waals surface area contributed by atoms with Gasteiger partial charge in [-0.2, -0.15) is 0 Å². The maximum atomic E-state index is 11.2. The fraction of sp³-hybridized carbons (Fsp3) is 0.143. The lowest BCUT2D eigenvalue weighted by Gasteiger charge is -2.25. The lowest BCUT2D eigenvalue weighted by Crippen LogP contribution is -2.38. The van der Waals surface area contributed by atoms with Gasteiger partial charge in [-0.15, -0.1) is 0 Å². The lowest BCUT2D eigenvalue weighted by atomic mass is 9.76. The highest BCUT2D eigenvalue weighted by molar-refractivity contribution is 6.03. The monoisotopic (exact) mass is 244 g/mol. The first-order chi connectivity index (χ1) is 8.56. The van der Waals surface area contributed by atoms with Gasteiger partial charge in [-0.05, 0) is 11.1 Å². The van der Waals surface area contributed by atoms with Gasteiger partial charge in [0.1, 0.15) is 0 Å². The molecular weight excluding hydrogens is 232 g/mol. The summed E-state index contributed by atoms with van der Waals surface area (Å²) < 4.78 is 0. The van der Waals surface area contributed by atoms with Crippen LogP contribution in [0.5, 0.6) is 0 Å². The Morgan fingerprint density at radius 3 is 2.22 bits per heavy atom. The van der Waals surface area contributed by atoms with Gasteiger partial charge in [0.2, 0.25) is 0 Å². The van der Waals surface area contributed by atoms with Gasteiger partial charge in [0, 0.05) is 6.42 Å². The Labute approximate surface area is 104 Å². The third-order valence-electron chi connectivity index (χ3n) is 3.06. The molecule has 0 unspecified atom stereocenters. The highest BCUT2D eigenvalue weighted by atomic mass is 16.4. The highest BCUT2D eigenvalue weighted by Gasteiger charge is 2.45. The number of allylic oxidation sites excluding steroid dienone is 3. The van der Waals surface area contributed by atoms with Gasteiger partial charge in [0.25, 0.3) is 0 Å². The number of aliphatic carboxylic acids is 2. The molecule has 0 saturated carbocycles. The van der Waals surface area contributed by atoms with Gasteiger partial charge in [0.15, 0.2) is 5.41 Å². The van der Waals surface area contributed by atoms with E-state index in [1.54, 1.807) is 6.08 Å². The summed E-state index contributed by atoms with van der Waals surface area (Å²) in [6.07, 6.45) is 4.43. The van der Waals surface area contributed by atoms with Gasteiger partial charge >= 0.3 is 11.9 Å². The summed E-state index contributed by atoms with van der Waals surface area (Å²) in [4.78, 5) is 22.5. The summed E-state index contributed by atoms with van der Waals surface area (Å²) in [5.41, 5.74) is -0.309. The second-order valence-corrected chi connectivity index (χ2v) is 4.18. The largest absolute Gasteiger partial charge is 0.480 e. The van der Waals surface area contributed by atoms with E-state index in [1.807, 2.05) is 30.3 Å². The smallest absolute Gasteiger partial charge is 0.325 e. The number of carbonyl (C=O) groups is 2. The van der Waals surface area contributed by atoms with Crippen LogP contribution in [-0.2, 0) is 9.59 Å². The van der Waals surface area contributed by atoms with Crippen LogP contribution in [0.25, 0.3) is 5.57 Å². The molecule has 0 heterocycles. The van der Waals surface area contributed by atoms with Crippen LogP contribution in [-0.4, -0.2) is 22.2 Å². The zero-order valence-corrected chi connectivity index (χ0v) is 9.54. The standard InChI is InChI=1S/C14H12O4/c15-12(16)14(13(17)18)8-4-7-11(9-14)10-5-2-1-3-6-10/h1-8H,9H2,(H,15,16)(H,17,18). The van der Waals surface area contributed by atoms with Crippen molar-refractivity contribution in [1.29, 1.82) is 0 Å². The fourth-order valence-corrected chi connectivity index (χ4v) is 1.98. The van der Waals surface area contributed by atoms with Gasteiger partial charge in [-0.1, -0.05) is 48.6 Å². The van der Waals surface area contributed by atoms with Crippen LogP contribution in [0.1, 0.15) is 12.0 Å². The Bertz CT molecular complexity index is 526. The quantitative estimate of drug-likeness (QED) is 0.799. The molecule has 1 aromatic carbocycles. The molecule has 0 spiro atoms. The van der Waals surface area contributed by atoms with Crippen LogP contribution < -0.4 is 0 Å². The first kappa shape index (κ1) is 12.1. The maximum absolute atomic E-state index is 11.2. The Morgan fingerprint density at radius 1 is 1.06 bits per heavy atom. The van der Waals surface area contributed by atoms with Crippen molar-refractivity contribution in [1.82, 2.24) is 0 Å². The number of benzene rings is 1. The lowest BCUT2D eigenvalue weighted by molar-refractivity contribution is -0.160. The molecule has 0 amide bonds. The van der Waals surface area contributed by atoms with Crippen molar-refractivity contribution in [3.8, 4) is 0 Å². The molecule has 0 radical (unpaired) electrons. The average molecular weight is 244 g/mol. The zero-order chi connectivity index (χ0) is 13.2. The molecule has 2 rings (SSSR count). The summed E-state index contributed by atoms with van der Waals surface area (Å²) in [5, 5.41) is 18.3. The minimum absolute atomic E-state index is 0.0435. The van der Waals surface area contributed by atoms with E-state index < -0.39 is 17.4 Å². The third-order valence-corrected chi connectivity index (χ3v) is 3.06. The van der Waals surface area contributed by atoms with Gasteiger partial charge in [0.05, 0.1) is 0 Å². The molecule has 0 saturated heterocycles. The Balaban J connectivity index is 2.40. The highest BCUT2D eigenvalue weighted by Crippen LogP contribution is 2.36. The van der Waals surface area contributed by atoms with Crippen molar-refractivity contribution < 1.29 is 19.8 Å². The maximum Gasteiger partial charge on any atom is 0.325 e. The zero-order valence-electron chi connectivity index (χ0n) is 9.54. The number of rotatable bonds is 3. The molecule has 1 aliphatic carbocycles. The van der Waals surface area contributed by atoms with E-state index in [9.17, 15) is 9.59 Å². The van der Waals surface area contributed by atoms with E-state index in [0.717, 1.165) is 5.56 Å². The van der Waals surface area contributed by atoms with Crippen molar-refractivity contribution in [2.24, 2.45) is 5.41 Å². The molecule has 1 aromatic rings. The summed E-state index contributed by atoms with van der Waals surface area (Å²) in [6.45, 7) is 0. The number of hydrogen-bond donors (Lipinski definition) is 2. The van der Waals surface area contributed by atoms with Crippen LogP contribution in [0.2, 0.25) is 0 Å². The van der Waals surface area contributed by atoms with Crippen LogP contribution >= 0.6 is 0 Å². The molecular formula is C14H12O4. The predicted molar refractivity (Wildman–Crippen MR) is 65.9 cm³/mol. The minimum Gasteiger partial charge on any atom is -0.480 e. The van der Waals surface area contributed by atoms with Crippen LogP contribution in [0, 0.1) is 5.41 Å². The SMILES string of the molecule is O=C(O)C1(C(=O)O)C=CC=C(c2ccccc2)C1. The van der Waals surface area contributed by atoms with Crippen LogP contribution in [0.3, 0.4) is 0 Å². The molecule has 4 heteroatoms. The van der Waals surface area contributed by atoms with Crippen molar-refractivity contribution >= 4 is 17.5 Å². The van der Waals surface area contributed by atoms with Crippen molar-refractivity contribution in [2.45, 2.75) is 6.42 Å². The summed E-state index contributed by atoms with van der Waals surface area (Å²) in [6, 6.07) is 9.18. The van der Waals surface area contributed by atoms with E-state index in [1.165, 1.54) is 12.2 Å². The van der Waals surface area contributed by atoms with Gasteiger partial charge in [-0.3, -0.25) is 9.59 Å². The topological polar surface area (TPSA) is 74.6 Å². The Hall–Kier alpha value is -2.36.